The van der Waals surface area contributed by atoms with Crippen molar-refractivity contribution in [3.63, 3.8) is 0 Å². The van der Waals surface area contributed by atoms with Crippen molar-refractivity contribution >= 4 is 11.9 Å². The summed E-state index contributed by atoms with van der Waals surface area (Å²) in [5.74, 6) is 0.181. The van der Waals surface area contributed by atoms with E-state index in [-0.39, 0.29) is 17.8 Å². The van der Waals surface area contributed by atoms with Gasteiger partial charge in [-0.05, 0) is 44.2 Å². The third-order valence-corrected chi connectivity index (χ3v) is 3.62. The minimum absolute atomic E-state index is 0.0350. The fourth-order valence-electron chi connectivity index (χ4n) is 2.38. The van der Waals surface area contributed by atoms with Crippen LogP contribution in [0.25, 0.3) is 0 Å². The van der Waals surface area contributed by atoms with Crippen LogP contribution < -0.4 is 10.6 Å². The number of ether oxygens (including phenoxy) is 1. The predicted molar refractivity (Wildman–Crippen MR) is 73.6 cm³/mol. The number of rotatable bonds is 6. The van der Waals surface area contributed by atoms with Gasteiger partial charge in [-0.2, -0.15) is 0 Å². The molecule has 0 aromatic heterocycles. The number of carbonyl (C=O) groups excluding carboxylic acids is 2. The molecule has 5 heteroatoms. The van der Waals surface area contributed by atoms with E-state index in [2.05, 4.69) is 10.6 Å². The summed E-state index contributed by atoms with van der Waals surface area (Å²) in [5.41, 5.74) is 0. The first kappa shape index (κ1) is 16.0. The Morgan fingerprint density at radius 2 is 2.16 bits per heavy atom. The van der Waals surface area contributed by atoms with E-state index in [1.807, 2.05) is 13.8 Å². The molecule has 0 spiro atoms. The Hall–Kier alpha value is -1.10. The molecule has 2 atom stereocenters. The summed E-state index contributed by atoms with van der Waals surface area (Å²) >= 11 is 0. The van der Waals surface area contributed by atoms with Gasteiger partial charge in [-0.15, -0.1) is 0 Å². The Labute approximate surface area is 115 Å². The van der Waals surface area contributed by atoms with Gasteiger partial charge in [0.1, 0.15) is 6.04 Å². The second-order valence-corrected chi connectivity index (χ2v) is 5.56. The highest BCUT2D eigenvalue weighted by Crippen LogP contribution is 2.16. The number of hydrogen-bond acceptors (Lipinski definition) is 4. The summed E-state index contributed by atoms with van der Waals surface area (Å²) < 4.78 is 4.71. The van der Waals surface area contributed by atoms with Crippen LogP contribution in [0.5, 0.6) is 0 Å². The Kier molecular flexibility index (Phi) is 6.84. The van der Waals surface area contributed by atoms with Crippen LogP contribution in [-0.2, 0) is 14.3 Å². The van der Waals surface area contributed by atoms with Crippen molar-refractivity contribution in [1.82, 2.24) is 10.6 Å². The van der Waals surface area contributed by atoms with Gasteiger partial charge >= 0.3 is 5.97 Å². The molecule has 0 aromatic rings. The predicted octanol–water partition coefficient (Wildman–Crippen LogP) is 1.08. The molecule has 0 saturated carbocycles. The number of esters is 1. The maximum absolute atomic E-state index is 11.9. The van der Waals surface area contributed by atoms with Crippen molar-refractivity contribution in [2.24, 2.45) is 11.8 Å². The molecule has 1 fully saturated rings. The first-order valence-corrected chi connectivity index (χ1v) is 7.12. The molecule has 1 amide bonds. The van der Waals surface area contributed by atoms with Gasteiger partial charge in [0, 0.05) is 6.42 Å². The van der Waals surface area contributed by atoms with Crippen LogP contribution in [0.1, 0.15) is 39.5 Å². The molecule has 2 unspecified atom stereocenters. The Balaban J connectivity index is 2.33. The van der Waals surface area contributed by atoms with Crippen LogP contribution in [0.4, 0.5) is 0 Å². The second kappa shape index (κ2) is 8.15. The highest BCUT2D eigenvalue weighted by atomic mass is 16.5. The molecule has 0 aromatic carbocycles. The van der Waals surface area contributed by atoms with Crippen molar-refractivity contribution in [1.29, 1.82) is 0 Å². The average molecular weight is 270 g/mol. The van der Waals surface area contributed by atoms with Crippen molar-refractivity contribution < 1.29 is 14.3 Å². The Morgan fingerprint density at radius 1 is 1.42 bits per heavy atom. The van der Waals surface area contributed by atoms with E-state index < -0.39 is 6.04 Å². The topological polar surface area (TPSA) is 67.4 Å². The van der Waals surface area contributed by atoms with Crippen molar-refractivity contribution in [3.8, 4) is 0 Å². The molecule has 110 valence electrons. The van der Waals surface area contributed by atoms with Gasteiger partial charge < -0.3 is 15.4 Å². The summed E-state index contributed by atoms with van der Waals surface area (Å²) in [5, 5.41) is 6.11. The molecule has 0 aliphatic carbocycles. The zero-order chi connectivity index (χ0) is 14.3. The van der Waals surface area contributed by atoms with Crippen molar-refractivity contribution in [2.75, 3.05) is 20.2 Å². The van der Waals surface area contributed by atoms with E-state index in [0.29, 0.717) is 12.3 Å². The number of carbonyl (C=O) groups is 2. The fourth-order valence-corrected chi connectivity index (χ4v) is 2.38. The maximum Gasteiger partial charge on any atom is 0.328 e. The number of hydrogen-bond donors (Lipinski definition) is 2. The third kappa shape index (κ3) is 5.59. The molecule has 2 N–H and O–H groups in total. The van der Waals surface area contributed by atoms with E-state index in [0.717, 1.165) is 19.5 Å². The lowest BCUT2D eigenvalue weighted by Gasteiger charge is -2.23. The van der Waals surface area contributed by atoms with Gasteiger partial charge in [0.25, 0.3) is 0 Å². The Morgan fingerprint density at radius 3 is 2.68 bits per heavy atom. The van der Waals surface area contributed by atoms with Gasteiger partial charge in [0.2, 0.25) is 5.91 Å². The average Bonchev–Trinajstić information content (AvgIpc) is 2.42. The highest BCUT2D eigenvalue weighted by Gasteiger charge is 2.25. The van der Waals surface area contributed by atoms with Crippen LogP contribution in [-0.4, -0.2) is 38.1 Å². The van der Waals surface area contributed by atoms with E-state index >= 15 is 0 Å². The molecule has 1 saturated heterocycles. The minimum atomic E-state index is -0.540. The number of nitrogens with one attached hydrogen (secondary N) is 2. The third-order valence-electron chi connectivity index (χ3n) is 3.62. The highest BCUT2D eigenvalue weighted by molar-refractivity contribution is 5.84. The van der Waals surface area contributed by atoms with Gasteiger partial charge in [-0.1, -0.05) is 13.8 Å². The molecule has 1 heterocycles. The number of piperidine rings is 1. The molecule has 19 heavy (non-hydrogen) atoms. The Bertz CT molecular complexity index is 299. The monoisotopic (exact) mass is 270 g/mol. The van der Waals surface area contributed by atoms with Gasteiger partial charge in [0.15, 0.2) is 0 Å². The van der Waals surface area contributed by atoms with Crippen LogP contribution in [0.2, 0.25) is 0 Å². The zero-order valence-corrected chi connectivity index (χ0v) is 12.2. The molecular weight excluding hydrogens is 244 g/mol. The lowest BCUT2D eigenvalue weighted by Crippen LogP contribution is -2.45. The maximum atomic E-state index is 11.9. The van der Waals surface area contributed by atoms with Crippen LogP contribution >= 0.6 is 0 Å². The molecule has 0 radical (unpaired) electrons. The molecule has 5 nitrogen and oxygen atoms in total. The molecular formula is C14H26N2O3. The largest absolute Gasteiger partial charge is 0.467 e. The molecule has 1 aliphatic heterocycles. The van der Waals surface area contributed by atoms with Gasteiger partial charge in [0.05, 0.1) is 7.11 Å². The lowest BCUT2D eigenvalue weighted by molar-refractivity contribution is -0.146. The quantitative estimate of drug-likeness (QED) is 0.709. The molecule has 1 rings (SSSR count). The first-order chi connectivity index (χ1) is 9.04. The zero-order valence-electron chi connectivity index (χ0n) is 12.2. The van der Waals surface area contributed by atoms with Crippen molar-refractivity contribution in [2.45, 2.75) is 45.6 Å². The van der Waals surface area contributed by atoms with E-state index in [1.165, 1.54) is 20.0 Å². The van der Waals surface area contributed by atoms with Crippen molar-refractivity contribution in [3.05, 3.63) is 0 Å². The lowest BCUT2D eigenvalue weighted by atomic mass is 9.94. The molecule has 1 aliphatic rings. The SMILES string of the molecule is COC(=O)C(NC(=O)CCC1CCCNC1)C(C)C. The standard InChI is InChI=1S/C14H26N2O3/c1-10(2)13(14(18)19-3)16-12(17)7-6-11-5-4-8-15-9-11/h10-11,13,15H,4-9H2,1-3H3,(H,16,17). The van der Waals surface area contributed by atoms with E-state index in [9.17, 15) is 9.59 Å². The molecule has 0 bridgehead atoms. The number of methoxy groups -OCH3 is 1. The van der Waals surface area contributed by atoms with Gasteiger partial charge in [-0.25, -0.2) is 4.79 Å². The summed E-state index contributed by atoms with van der Waals surface area (Å²) in [6, 6.07) is -0.540. The van der Waals surface area contributed by atoms with Crippen LogP contribution in [0, 0.1) is 11.8 Å². The summed E-state index contributed by atoms with van der Waals surface area (Å²) in [6.45, 7) is 5.87. The normalized spacial score (nSPS) is 20.9. The van der Waals surface area contributed by atoms with E-state index in [4.69, 9.17) is 4.74 Å². The fraction of sp³-hybridized carbons (Fsp3) is 0.857. The van der Waals surface area contributed by atoms with Crippen LogP contribution in [0.15, 0.2) is 0 Å². The summed E-state index contributed by atoms with van der Waals surface area (Å²) in [6.07, 6.45) is 3.73. The summed E-state index contributed by atoms with van der Waals surface area (Å²) in [4.78, 5) is 23.4. The smallest absolute Gasteiger partial charge is 0.328 e. The first-order valence-electron chi connectivity index (χ1n) is 7.12. The van der Waals surface area contributed by atoms with E-state index in [1.54, 1.807) is 0 Å². The van der Waals surface area contributed by atoms with Gasteiger partial charge in [-0.3, -0.25) is 4.79 Å². The summed E-state index contributed by atoms with van der Waals surface area (Å²) in [7, 11) is 1.34. The van der Waals surface area contributed by atoms with Crippen LogP contribution in [0.3, 0.4) is 0 Å². The second-order valence-electron chi connectivity index (χ2n) is 5.56. The number of amides is 1. The minimum Gasteiger partial charge on any atom is -0.467 e.